The van der Waals surface area contributed by atoms with Crippen molar-refractivity contribution in [2.24, 2.45) is 4.99 Å². The van der Waals surface area contributed by atoms with Crippen LogP contribution in [0.5, 0.6) is 0 Å². The lowest BCUT2D eigenvalue weighted by molar-refractivity contribution is 0.0195. The smallest absolute Gasteiger partial charge is 0.193 e. The van der Waals surface area contributed by atoms with Crippen LogP contribution in [0.4, 0.5) is 0 Å². The van der Waals surface area contributed by atoms with Crippen molar-refractivity contribution in [3.05, 3.63) is 30.3 Å². The maximum absolute atomic E-state index is 12.3. The van der Waals surface area contributed by atoms with Gasteiger partial charge >= 0.3 is 0 Å². The summed E-state index contributed by atoms with van der Waals surface area (Å²) in [5.41, 5.74) is 0. The van der Waals surface area contributed by atoms with Crippen molar-refractivity contribution in [1.29, 1.82) is 0 Å². The molecule has 0 amide bonds. The van der Waals surface area contributed by atoms with Crippen LogP contribution >= 0.6 is 0 Å². The lowest BCUT2D eigenvalue weighted by atomic mass is 10.2. The number of rotatable bonds is 6. The summed E-state index contributed by atoms with van der Waals surface area (Å²) in [6.45, 7) is 6.17. The fourth-order valence-corrected chi connectivity index (χ4v) is 5.05. The zero-order valence-corrected chi connectivity index (χ0v) is 16.8. The summed E-state index contributed by atoms with van der Waals surface area (Å²) in [5.74, 6) is 1.00. The number of nitrogens with zero attached hydrogens (tertiary/aromatic N) is 3. The second-order valence-corrected chi connectivity index (χ2v) is 9.11. The van der Waals surface area contributed by atoms with Crippen molar-refractivity contribution < 1.29 is 13.2 Å². The quantitative estimate of drug-likeness (QED) is 0.438. The van der Waals surface area contributed by atoms with Gasteiger partial charge in [0.2, 0.25) is 0 Å². The monoisotopic (exact) mass is 394 g/mol. The van der Waals surface area contributed by atoms with Gasteiger partial charge < -0.3 is 15.0 Å². The third kappa shape index (κ3) is 5.43. The van der Waals surface area contributed by atoms with Crippen molar-refractivity contribution in [2.75, 3.05) is 58.7 Å². The molecule has 0 aromatic heterocycles. The zero-order valence-electron chi connectivity index (χ0n) is 16.0. The maximum Gasteiger partial charge on any atom is 0.193 e. The molecule has 2 aliphatic heterocycles. The molecule has 150 valence electrons. The molecule has 1 aromatic carbocycles. The Morgan fingerprint density at radius 3 is 2.67 bits per heavy atom. The van der Waals surface area contributed by atoms with Crippen molar-refractivity contribution in [3.8, 4) is 0 Å². The van der Waals surface area contributed by atoms with Crippen molar-refractivity contribution >= 4 is 15.8 Å². The third-order valence-electron chi connectivity index (χ3n) is 5.21. The molecule has 1 aromatic rings. The van der Waals surface area contributed by atoms with Gasteiger partial charge in [-0.3, -0.25) is 9.89 Å². The topological polar surface area (TPSA) is 74.2 Å². The molecule has 7 nitrogen and oxygen atoms in total. The maximum atomic E-state index is 12.3. The fourth-order valence-electron chi connectivity index (χ4n) is 3.72. The Morgan fingerprint density at radius 1 is 1.22 bits per heavy atom. The van der Waals surface area contributed by atoms with Gasteiger partial charge in [-0.05, 0) is 25.0 Å². The Balaban J connectivity index is 1.43. The minimum Gasteiger partial charge on any atom is -0.379 e. The van der Waals surface area contributed by atoms with E-state index in [4.69, 9.17) is 4.74 Å². The summed E-state index contributed by atoms with van der Waals surface area (Å²) in [4.78, 5) is 9.54. The van der Waals surface area contributed by atoms with Crippen LogP contribution in [0, 0.1) is 0 Å². The van der Waals surface area contributed by atoms with Crippen molar-refractivity contribution in [3.63, 3.8) is 0 Å². The Morgan fingerprint density at radius 2 is 1.96 bits per heavy atom. The predicted molar refractivity (Wildman–Crippen MR) is 107 cm³/mol. The van der Waals surface area contributed by atoms with Crippen LogP contribution in [0.15, 0.2) is 40.2 Å². The minimum absolute atomic E-state index is 0.136. The first-order valence-electron chi connectivity index (χ1n) is 9.65. The van der Waals surface area contributed by atoms with E-state index in [2.05, 4.69) is 20.1 Å². The molecule has 0 radical (unpaired) electrons. The summed E-state index contributed by atoms with van der Waals surface area (Å²) in [6, 6.07) is 9.18. The average Bonchev–Trinajstić information content (AvgIpc) is 3.19. The highest BCUT2D eigenvalue weighted by Gasteiger charge is 2.30. The molecule has 3 rings (SSSR count). The lowest BCUT2D eigenvalue weighted by Crippen LogP contribution is -2.46. The first-order chi connectivity index (χ1) is 13.1. The van der Waals surface area contributed by atoms with Crippen molar-refractivity contribution in [2.45, 2.75) is 23.8 Å². The number of nitrogens with one attached hydrogen (secondary N) is 1. The summed E-state index contributed by atoms with van der Waals surface area (Å²) >= 11 is 0. The van der Waals surface area contributed by atoms with E-state index >= 15 is 0 Å². The SMILES string of the molecule is CN=C(NCCCS(=O)(=O)c1ccccc1)N1CCC(N2CCOCC2)C1. The summed E-state index contributed by atoms with van der Waals surface area (Å²) in [6.07, 6.45) is 1.68. The molecule has 8 heteroatoms. The second-order valence-electron chi connectivity index (χ2n) is 7.00. The highest BCUT2D eigenvalue weighted by molar-refractivity contribution is 7.91. The molecule has 27 heavy (non-hydrogen) atoms. The van der Waals surface area contributed by atoms with E-state index in [-0.39, 0.29) is 5.75 Å². The number of morpholine rings is 1. The average molecular weight is 395 g/mol. The number of likely N-dealkylation sites (tertiary alicyclic amines) is 1. The highest BCUT2D eigenvalue weighted by atomic mass is 32.2. The molecule has 0 spiro atoms. The number of benzene rings is 1. The molecule has 1 unspecified atom stereocenters. The molecule has 0 aliphatic carbocycles. The summed E-state index contributed by atoms with van der Waals surface area (Å²) in [7, 11) is -1.44. The Labute approximate surface area is 162 Å². The molecule has 1 N–H and O–H groups in total. The standard InChI is InChI=1S/C19H30N4O3S/c1-20-19(23-10-8-17(16-23)22-11-13-26-14-12-22)21-9-5-15-27(24,25)18-6-3-2-4-7-18/h2-4,6-7,17H,5,8-16H2,1H3,(H,20,21). The number of hydrogen-bond acceptors (Lipinski definition) is 5. The van der Waals surface area contributed by atoms with Crippen LogP contribution in [0.1, 0.15) is 12.8 Å². The minimum atomic E-state index is -3.22. The van der Waals surface area contributed by atoms with Gasteiger partial charge in [-0.2, -0.15) is 0 Å². The molecular formula is C19H30N4O3S. The summed E-state index contributed by atoms with van der Waals surface area (Å²) in [5, 5.41) is 3.33. The van der Waals surface area contributed by atoms with E-state index in [0.29, 0.717) is 23.9 Å². The first kappa shape index (κ1) is 20.1. The lowest BCUT2D eigenvalue weighted by Gasteiger charge is -2.32. The van der Waals surface area contributed by atoms with Gasteiger partial charge in [0.25, 0.3) is 0 Å². The molecule has 1 atom stereocenters. The molecule has 0 saturated carbocycles. The van der Waals surface area contributed by atoms with Crippen LogP contribution in [0.2, 0.25) is 0 Å². The van der Waals surface area contributed by atoms with Crippen LogP contribution < -0.4 is 5.32 Å². The molecule has 0 bridgehead atoms. The zero-order chi connectivity index (χ0) is 19.1. The largest absolute Gasteiger partial charge is 0.379 e. The van der Waals surface area contributed by atoms with Gasteiger partial charge in [-0.15, -0.1) is 0 Å². The van der Waals surface area contributed by atoms with Crippen molar-refractivity contribution in [1.82, 2.24) is 15.1 Å². The number of hydrogen-bond donors (Lipinski definition) is 1. The second kappa shape index (κ2) is 9.52. The number of aliphatic imine (C=N–C) groups is 1. The fraction of sp³-hybridized carbons (Fsp3) is 0.632. The van der Waals surface area contributed by atoms with E-state index in [1.54, 1.807) is 31.3 Å². The Kier molecular flexibility index (Phi) is 7.09. The highest BCUT2D eigenvalue weighted by Crippen LogP contribution is 2.17. The van der Waals surface area contributed by atoms with Gasteiger partial charge in [0.15, 0.2) is 15.8 Å². The van der Waals surface area contributed by atoms with Gasteiger partial charge in [0.05, 0.1) is 23.9 Å². The molecule has 2 saturated heterocycles. The van der Waals surface area contributed by atoms with E-state index in [9.17, 15) is 8.42 Å². The Hall–Kier alpha value is -1.64. The molecule has 2 fully saturated rings. The number of sulfone groups is 1. The molecule has 2 heterocycles. The van der Waals surface area contributed by atoms with Gasteiger partial charge in [0, 0.05) is 45.8 Å². The van der Waals surface area contributed by atoms with Crippen LogP contribution in [0.3, 0.4) is 0 Å². The van der Waals surface area contributed by atoms with E-state index in [0.717, 1.165) is 51.8 Å². The van der Waals surface area contributed by atoms with Crippen LogP contribution in [0.25, 0.3) is 0 Å². The van der Waals surface area contributed by atoms with Gasteiger partial charge in [-0.1, -0.05) is 18.2 Å². The molecular weight excluding hydrogens is 364 g/mol. The van der Waals surface area contributed by atoms with E-state index in [1.807, 2.05) is 6.07 Å². The normalized spacial score (nSPS) is 22.2. The molecule has 2 aliphatic rings. The van der Waals surface area contributed by atoms with Crippen LogP contribution in [-0.4, -0.2) is 89.0 Å². The van der Waals surface area contributed by atoms with E-state index < -0.39 is 9.84 Å². The first-order valence-corrected chi connectivity index (χ1v) is 11.3. The number of ether oxygens (including phenoxy) is 1. The predicted octanol–water partition coefficient (Wildman–Crippen LogP) is 0.832. The summed E-state index contributed by atoms with van der Waals surface area (Å²) < 4.78 is 30.1. The Bertz CT molecular complexity index is 718. The van der Waals surface area contributed by atoms with Crippen LogP contribution in [-0.2, 0) is 14.6 Å². The third-order valence-corrected chi connectivity index (χ3v) is 7.03. The number of guanidine groups is 1. The van der Waals surface area contributed by atoms with E-state index in [1.165, 1.54) is 0 Å². The van der Waals surface area contributed by atoms with Gasteiger partial charge in [0.1, 0.15) is 0 Å². The van der Waals surface area contributed by atoms with Gasteiger partial charge in [-0.25, -0.2) is 8.42 Å².